The molecule has 4 saturated carbocycles. The van der Waals surface area contributed by atoms with E-state index < -0.39 is 0 Å². The predicted octanol–water partition coefficient (Wildman–Crippen LogP) is 4.52. The lowest BCUT2D eigenvalue weighted by molar-refractivity contribution is -0.0206. The van der Waals surface area contributed by atoms with E-state index in [1.54, 1.807) is 14.2 Å². The van der Waals surface area contributed by atoms with Gasteiger partial charge in [0.1, 0.15) is 0 Å². The Hall–Kier alpha value is -0.740. The third-order valence-corrected chi connectivity index (χ3v) is 6.79. The van der Waals surface area contributed by atoms with Crippen LogP contribution in [0.15, 0.2) is 16.6 Å². The summed E-state index contributed by atoms with van der Waals surface area (Å²) < 4.78 is 11.8. The van der Waals surface area contributed by atoms with Gasteiger partial charge in [-0.15, -0.1) is 0 Å². The van der Waals surface area contributed by atoms with Crippen LogP contribution in [0.4, 0.5) is 0 Å². The molecule has 23 heavy (non-hydrogen) atoms. The highest BCUT2D eigenvalue weighted by Crippen LogP contribution is 2.55. The van der Waals surface area contributed by atoms with E-state index in [2.05, 4.69) is 33.4 Å². The van der Waals surface area contributed by atoms with Crippen molar-refractivity contribution in [1.29, 1.82) is 0 Å². The highest BCUT2D eigenvalue weighted by molar-refractivity contribution is 9.10. The zero-order valence-corrected chi connectivity index (χ0v) is 15.6. The Labute approximate surface area is 147 Å². The first-order valence-electron chi connectivity index (χ1n) is 8.76. The molecule has 126 valence electrons. The van der Waals surface area contributed by atoms with Crippen molar-refractivity contribution in [3.63, 3.8) is 0 Å². The Morgan fingerprint density at radius 1 is 1.04 bits per heavy atom. The molecule has 0 radical (unpaired) electrons. The maximum Gasteiger partial charge on any atom is 0.174 e. The summed E-state index contributed by atoms with van der Waals surface area (Å²) in [4.78, 5) is 0. The summed E-state index contributed by atoms with van der Waals surface area (Å²) in [7, 11) is 3.37. The van der Waals surface area contributed by atoms with Gasteiger partial charge in [0.2, 0.25) is 0 Å². The molecule has 0 aromatic heterocycles. The molecule has 4 fully saturated rings. The molecule has 0 atom stereocenters. The minimum absolute atomic E-state index is 0.397. The first kappa shape index (κ1) is 15.8. The minimum Gasteiger partial charge on any atom is -0.493 e. The van der Waals surface area contributed by atoms with E-state index in [1.807, 2.05) is 0 Å². The number of halogens is 1. The van der Waals surface area contributed by atoms with Crippen molar-refractivity contribution in [2.45, 2.75) is 50.6 Å². The summed E-state index contributed by atoms with van der Waals surface area (Å²) in [6.07, 6.45) is 8.61. The molecule has 0 amide bonds. The second-order valence-corrected chi connectivity index (χ2v) is 8.72. The number of hydrogen-bond donors (Lipinski definition) is 1. The molecular weight excluding hydrogens is 354 g/mol. The van der Waals surface area contributed by atoms with E-state index in [4.69, 9.17) is 9.47 Å². The zero-order chi connectivity index (χ0) is 16.0. The van der Waals surface area contributed by atoms with Crippen LogP contribution in [-0.4, -0.2) is 19.8 Å². The van der Waals surface area contributed by atoms with Crippen molar-refractivity contribution in [2.24, 2.45) is 17.8 Å². The predicted molar refractivity (Wildman–Crippen MR) is 95.0 cm³/mol. The first-order valence-corrected chi connectivity index (χ1v) is 9.55. The monoisotopic (exact) mass is 379 g/mol. The molecule has 0 heterocycles. The van der Waals surface area contributed by atoms with Gasteiger partial charge in [-0.2, -0.15) is 0 Å². The number of ether oxygens (including phenoxy) is 2. The fourth-order valence-corrected chi connectivity index (χ4v) is 6.34. The highest BCUT2D eigenvalue weighted by Gasteiger charge is 2.50. The molecule has 1 aromatic carbocycles. The number of hydrogen-bond acceptors (Lipinski definition) is 3. The first-order chi connectivity index (χ1) is 11.1. The van der Waals surface area contributed by atoms with E-state index in [9.17, 15) is 0 Å². The summed E-state index contributed by atoms with van der Waals surface area (Å²) in [5.41, 5.74) is 1.65. The van der Waals surface area contributed by atoms with Gasteiger partial charge in [0.05, 0.1) is 18.7 Å². The van der Waals surface area contributed by atoms with Crippen LogP contribution in [0.5, 0.6) is 11.5 Å². The van der Waals surface area contributed by atoms with Crippen LogP contribution in [0.2, 0.25) is 0 Å². The summed E-state index contributed by atoms with van der Waals surface area (Å²) in [5.74, 6) is 4.50. The van der Waals surface area contributed by atoms with Crippen molar-refractivity contribution in [3.8, 4) is 11.5 Å². The Bertz CT molecular complexity index is 566. The van der Waals surface area contributed by atoms with E-state index in [0.29, 0.717) is 5.54 Å². The fourth-order valence-electron chi connectivity index (χ4n) is 5.69. The van der Waals surface area contributed by atoms with Crippen molar-refractivity contribution < 1.29 is 9.47 Å². The number of nitrogens with one attached hydrogen (secondary N) is 1. The Balaban J connectivity index is 1.50. The lowest BCUT2D eigenvalue weighted by Crippen LogP contribution is -2.58. The minimum atomic E-state index is 0.397. The van der Waals surface area contributed by atoms with Gasteiger partial charge < -0.3 is 14.8 Å². The number of methoxy groups -OCH3 is 2. The number of rotatable bonds is 5. The van der Waals surface area contributed by atoms with Crippen molar-refractivity contribution in [2.75, 3.05) is 14.2 Å². The van der Waals surface area contributed by atoms with Gasteiger partial charge in [0, 0.05) is 12.1 Å². The van der Waals surface area contributed by atoms with Crippen molar-refractivity contribution in [3.05, 3.63) is 22.2 Å². The average molecular weight is 380 g/mol. The molecule has 4 bridgehead atoms. The second kappa shape index (κ2) is 5.96. The Morgan fingerprint density at radius 2 is 1.65 bits per heavy atom. The fraction of sp³-hybridized carbons (Fsp3) is 0.684. The molecule has 5 rings (SSSR count). The van der Waals surface area contributed by atoms with E-state index >= 15 is 0 Å². The second-order valence-electron chi connectivity index (χ2n) is 7.86. The van der Waals surface area contributed by atoms with Crippen LogP contribution < -0.4 is 14.8 Å². The molecule has 1 N–H and O–H groups in total. The summed E-state index contributed by atoms with van der Waals surface area (Å²) >= 11 is 3.60. The van der Waals surface area contributed by atoms with Crippen LogP contribution in [0.3, 0.4) is 0 Å². The smallest absolute Gasteiger partial charge is 0.174 e. The van der Waals surface area contributed by atoms with Crippen LogP contribution >= 0.6 is 15.9 Å². The third-order valence-electron chi connectivity index (χ3n) is 6.20. The van der Waals surface area contributed by atoms with Gasteiger partial charge in [-0.3, -0.25) is 0 Å². The van der Waals surface area contributed by atoms with Gasteiger partial charge in [-0.25, -0.2) is 0 Å². The SMILES string of the molecule is COc1cc(CNC23CC4CC(CC(C4)C2)C3)cc(Br)c1OC. The van der Waals surface area contributed by atoms with E-state index in [-0.39, 0.29) is 0 Å². The van der Waals surface area contributed by atoms with Crippen molar-refractivity contribution >= 4 is 15.9 Å². The van der Waals surface area contributed by atoms with Crippen LogP contribution in [0.25, 0.3) is 0 Å². The van der Waals surface area contributed by atoms with Gasteiger partial charge in [-0.1, -0.05) is 0 Å². The lowest BCUT2D eigenvalue weighted by Gasteiger charge is -2.57. The summed E-state index contributed by atoms with van der Waals surface area (Å²) in [5, 5.41) is 3.94. The molecular formula is C19H26BrNO2. The van der Waals surface area contributed by atoms with E-state index in [0.717, 1.165) is 40.3 Å². The van der Waals surface area contributed by atoms with Crippen LogP contribution in [0.1, 0.15) is 44.1 Å². The molecule has 0 unspecified atom stereocenters. The molecule has 4 aliphatic rings. The van der Waals surface area contributed by atoms with Crippen LogP contribution in [0, 0.1) is 17.8 Å². The van der Waals surface area contributed by atoms with Crippen molar-refractivity contribution in [1.82, 2.24) is 5.32 Å². The Morgan fingerprint density at radius 3 is 2.17 bits per heavy atom. The zero-order valence-electron chi connectivity index (χ0n) is 14.0. The lowest BCUT2D eigenvalue weighted by atomic mass is 9.53. The Kier molecular flexibility index (Phi) is 4.09. The highest BCUT2D eigenvalue weighted by atomic mass is 79.9. The van der Waals surface area contributed by atoms with Gasteiger partial charge >= 0.3 is 0 Å². The molecule has 1 aromatic rings. The molecule has 0 spiro atoms. The summed E-state index contributed by atoms with van der Waals surface area (Å²) in [6.45, 7) is 0.908. The van der Waals surface area contributed by atoms with Gasteiger partial charge in [0.15, 0.2) is 11.5 Å². The molecule has 4 heteroatoms. The van der Waals surface area contributed by atoms with E-state index in [1.165, 1.54) is 44.1 Å². The quantitative estimate of drug-likeness (QED) is 0.815. The maximum absolute atomic E-state index is 5.47. The molecule has 4 aliphatic carbocycles. The topological polar surface area (TPSA) is 30.5 Å². The molecule has 0 aliphatic heterocycles. The maximum atomic E-state index is 5.47. The van der Waals surface area contributed by atoms with Crippen LogP contribution in [-0.2, 0) is 6.54 Å². The van der Waals surface area contributed by atoms with Gasteiger partial charge in [0.25, 0.3) is 0 Å². The normalized spacial score (nSPS) is 34.7. The third kappa shape index (κ3) is 2.89. The largest absolute Gasteiger partial charge is 0.493 e. The number of benzene rings is 1. The van der Waals surface area contributed by atoms with Gasteiger partial charge in [-0.05, 0) is 89.9 Å². The molecule has 3 nitrogen and oxygen atoms in total. The summed E-state index contributed by atoms with van der Waals surface area (Å²) in [6, 6.07) is 4.24. The average Bonchev–Trinajstić information content (AvgIpc) is 2.51. The standard InChI is InChI=1S/C19H26BrNO2/c1-22-17-7-15(6-16(20)18(17)23-2)11-21-19-8-12-3-13(9-19)5-14(4-12)10-19/h6-7,12-14,21H,3-5,8-11H2,1-2H3. The molecule has 0 saturated heterocycles.